The highest BCUT2D eigenvalue weighted by molar-refractivity contribution is 5.76. The Morgan fingerprint density at radius 3 is 3.00 bits per heavy atom. The molecule has 0 atom stereocenters. The Hall–Kier alpha value is -2.28. The molecule has 0 radical (unpaired) electrons. The first-order valence-electron chi connectivity index (χ1n) is 8.42. The van der Waals surface area contributed by atoms with Crippen molar-refractivity contribution in [2.75, 3.05) is 19.7 Å². The number of carbonyl (C=O) groups is 1. The zero-order chi connectivity index (χ0) is 17.6. The van der Waals surface area contributed by atoms with E-state index in [4.69, 9.17) is 4.74 Å². The lowest BCUT2D eigenvalue weighted by atomic mass is 9.90. The molecule has 0 amide bonds. The molecule has 0 unspecified atom stereocenters. The number of alkyl halides is 2. The minimum absolute atomic E-state index is 0.265. The van der Waals surface area contributed by atoms with Gasteiger partial charge in [0.1, 0.15) is 18.1 Å². The Morgan fingerprint density at radius 2 is 2.20 bits per heavy atom. The lowest BCUT2D eigenvalue weighted by Crippen LogP contribution is -2.36. The number of ether oxygens (including phenoxy) is 1. The fourth-order valence-electron chi connectivity index (χ4n) is 3.25. The number of hydrazine groups is 1. The fraction of sp³-hybridized carbons (Fsp3) is 0.444. The standard InChI is InChI=1S/C18H21F2N3O2/c19-18(20)10-23-16(7-9-22-23)14-5-2-1-4-13(14)12-25-17-6-3-8-21-15(17)11-24/h3,6-8,11,18,22H,1-2,4-5,9-10,12H2. The van der Waals surface area contributed by atoms with Gasteiger partial charge in [0, 0.05) is 12.7 Å². The van der Waals surface area contributed by atoms with Crippen molar-refractivity contribution in [1.29, 1.82) is 0 Å². The van der Waals surface area contributed by atoms with E-state index in [0.717, 1.165) is 42.5 Å². The van der Waals surface area contributed by atoms with Crippen molar-refractivity contribution in [2.45, 2.75) is 32.1 Å². The average molecular weight is 349 g/mol. The summed E-state index contributed by atoms with van der Waals surface area (Å²) in [6.45, 7) is 0.556. The minimum atomic E-state index is -2.40. The summed E-state index contributed by atoms with van der Waals surface area (Å²) >= 11 is 0. The Bertz CT molecular complexity index is 689. The Balaban J connectivity index is 1.78. The van der Waals surface area contributed by atoms with Crippen LogP contribution in [0.5, 0.6) is 5.75 Å². The zero-order valence-corrected chi connectivity index (χ0v) is 13.9. The molecule has 1 aliphatic carbocycles. The first-order valence-corrected chi connectivity index (χ1v) is 8.42. The molecule has 1 aromatic heterocycles. The first kappa shape index (κ1) is 17.5. The summed E-state index contributed by atoms with van der Waals surface area (Å²) in [5.74, 6) is 0.442. The summed E-state index contributed by atoms with van der Waals surface area (Å²) in [6, 6.07) is 3.42. The van der Waals surface area contributed by atoms with E-state index in [2.05, 4.69) is 10.4 Å². The van der Waals surface area contributed by atoms with E-state index in [-0.39, 0.29) is 12.2 Å². The summed E-state index contributed by atoms with van der Waals surface area (Å²) in [6.07, 6.45) is 5.55. The molecule has 7 heteroatoms. The van der Waals surface area contributed by atoms with Gasteiger partial charge >= 0.3 is 0 Å². The Labute approximate surface area is 145 Å². The van der Waals surface area contributed by atoms with E-state index in [9.17, 15) is 13.6 Å². The van der Waals surface area contributed by atoms with E-state index in [1.54, 1.807) is 18.3 Å². The van der Waals surface area contributed by atoms with Gasteiger partial charge in [0.05, 0.1) is 12.2 Å². The van der Waals surface area contributed by atoms with Crippen molar-refractivity contribution in [3.05, 3.63) is 46.9 Å². The van der Waals surface area contributed by atoms with E-state index in [1.165, 1.54) is 5.01 Å². The molecule has 2 heterocycles. The summed E-state index contributed by atoms with van der Waals surface area (Å²) < 4.78 is 31.4. The molecule has 0 fully saturated rings. The van der Waals surface area contributed by atoms with Crippen LogP contribution in [0.15, 0.2) is 41.2 Å². The number of carbonyl (C=O) groups excluding carboxylic acids is 1. The van der Waals surface area contributed by atoms with E-state index >= 15 is 0 Å². The largest absolute Gasteiger partial charge is 0.487 e. The van der Waals surface area contributed by atoms with Crippen molar-refractivity contribution < 1.29 is 18.3 Å². The molecular weight excluding hydrogens is 328 g/mol. The number of rotatable bonds is 7. The molecule has 1 aromatic rings. The van der Waals surface area contributed by atoms with Crippen molar-refractivity contribution in [3.8, 4) is 5.75 Å². The van der Waals surface area contributed by atoms with Crippen LogP contribution < -0.4 is 10.2 Å². The van der Waals surface area contributed by atoms with E-state index in [1.807, 2.05) is 6.08 Å². The molecule has 0 spiro atoms. The third-order valence-electron chi connectivity index (χ3n) is 4.39. The third kappa shape index (κ3) is 4.22. The first-order chi connectivity index (χ1) is 12.2. The normalized spacial score (nSPS) is 17.9. The van der Waals surface area contributed by atoms with Crippen molar-refractivity contribution in [3.63, 3.8) is 0 Å². The summed E-state index contributed by atoms with van der Waals surface area (Å²) in [5, 5.41) is 1.53. The minimum Gasteiger partial charge on any atom is -0.487 e. The highest BCUT2D eigenvalue weighted by atomic mass is 19.3. The van der Waals surface area contributed by atoms with Gasteiger partial charge in [0.2, 0.25) is 0 Å². The van der Waals surface area contributed by atoms with Crippen LogP contribution in [0.4, 0.5) is 8.78 Å². The molecule has 25 heavy (non-hydrogen) atoms. The van der Waals surface area contributed by atoms with Gasteiger partial charge in [0.15, 0.2) is 6.29 Å². The van der Waals surface area contributed by atoms with Gasteiger partial charge in [0.25, 0.3) is 6.43 Å². The summed E-state index contributed by atoms with van der Waals surface area (Å²) in [5.41, 5.74) is 6.25. The van der Waals surface area contributed by atoms with Crippen LogP contribution in [0.2, 0.25) is 0 Å². The van der Waals surface area contributed by atoms with Gasteiger partial charge in [-0.3, -0.25) is 4.79 Å². The number of nitrogens with one attached hydrogen (secondary N) is 1. The highest BCUT2D eigenvalue weighted by Crippen LogP contribution is 2.33. The number of aromatic nitrogens is 1. The van der Waals surface area contributed by atoms with E-state index in [0.29, 0.717) is 25.2 Å². The molecule has 134 valence electrons. The fourth-order valence-corrected chi connectivity index (χ4v) is 3.25. The number of hydrogen-bond donors (Lipinski definition) is 1. The maximum atomic E-state index is 12.8. The quantitative estimate of drug-likeness (QED) is 0.767. The Kier molecular flexibility index (Phi) is 5.75. The maximum Gasteiger partial charge on any atom is 0.257 e. The smallest absolute Gasteiger partial charge is 0.257 e. The van der Waals surface area contributed by atoms with Crippen LogP contribution >= 0.6 is 0 Å². The van der Waals surface area contributed by atoms with Gasteiger partial charge < -0.3 is 9.75 Å². The molecule has 0 aromatic carbocycles. The molecule has 5 nitrogen and oxygen atoms in total. The number of aldehydes is 1. The van der Waals surface area contributed by atoms with Crippen molar-refractivity contribution >= 4 is 6.29 Å². The molecule has 1 N–H and O–H groups in total. The lowest BCUT2D eigenvalue weighted by Gasteiger charge is -2.28. The summed E-state index contributed by atoms with van der Waals surface area (Å²) in [4.78, 5) is 15.0. The van der Waals surface area contributed by atoms with Gasteiger partial charge in [-0.15, -0.1) is 0 Å². The van der Waals surface area contributed by atoms with E-state index < -0.39 is 6.43 Å². The highest BCUT2D eigenvalue weighted by Gasteiger charge is 2.25. The van der Waals surface area contributed by atoms with Crippen LogP contribution in [0.3, 0.4) is 0 Å². The summed E-state index contributed by atoms with van der Waals surface area (Å²) in [7, 11) is 0. The molecule has 0 saturated carbocycles. The number of nitrogens with zero attached hydrogens (tertiary/aromatic N) is 2. The number of hydrogen-bond acceptors (Lipinski definition) is 5. The van der Waals surface area contributed by atoms with Crippen LogP contribution in [0, 0.1) is 0 Å². The van der Waals surface area contributed by atoms with Crippen molar-refractivity contribution in [2.24, 2.45) is 0 Å². The van der Waals surface area contributed by atoms with Crippen LogP contribution in [0.1, 0.15) is 36.2 Å². The van der Waals surface area contributed by atoms with Crippen LogP contribution in [0.25, 0.3) is 0 Å². The zero-order valence-electron chi connectivity index (χ0n) is 13.9. The van der Waals surface area contributed by atoms with Crippen molar-refractivity contribution in [1.82, 2.24) is 15.4 Å². The van der Waals surface area contributed by atoms with Gasteiger partial charge in [-0.2, -0.15) is 0 Å². The predicted molar refractivity (Wildman–Crippen MR) is 89.4 cm³/mol. The van der Waals surface area contributed by atoms with Gasteiger partial charge in [-0.1, -0.05) is 0 Å². The number of allylic oxidation sites excluding steroid dienone is 1. The molecule has 0 saturated heterocycles. The second-order valence-corrected chi connectivity index (χ2v) is 6.04. The predicted octanol–water partition coefficient (Wildman–Crippen LogP) is 3.11. The van der Waals surface area contributed by atoms with Crippen LogP contribution in [-0.2, 0) is 0 Å². The van der Waals surface area contributed by atoms with Crippen LogP contribution in [-0.4, -0.2) is 42.4 Å². The molecule has 1 aliphatic heterocycles. The SMILES string of the molecule is O=Cc1ncccc1OCC1=C(C2=CCNN2CC(F)F)CCCC1. The molecule has 0 bridgehead atoms. The Morgan fingerprint density at radius 1 is 1.36 bits per heavy atom. The lowest BCUT2D eigenvalue weighted by molar-refractivity contribution is 0.0898. The average Bonchev–Trinajstić information content (AvgIpc) is 3.07. The van der Waals surface area contributed by atoms with Gasteiger partial charge in [-0.05, 0) is 55.0 Å². The second-order valence-electron chi connectivity index (χ2n) is 6.04. The molecule has 2 aliphatic rings. The molecular formula is C18H21F2N3O2. The molecule has 3 rings (SSSR count). The number of halogens is 2. The second kappa shape index (κ2) is 8.20. The van der Waals surface area contributed by atoms with Gasteiger partial charge in [-0.25, -0.2) is 19.2 Å². The monoisotopic (exact) mass is 349 g/mol. The maximum absolute atomic E-state index is 12.8. The third-order valence-corrected chi connectivity index (χ3v) is 4.39. The number of pyridine rings is 1. The topological polar surface area (TPSA) is 54.5 Å².